The van der Waals surface area contributed by atoms with E-state index in [0.29, 0.717) is 21.7 Å². The van der Waals surface area contributed by atoms with E-state index in [1.54, 1.807) is 32.0 Å². The lowest BCUT2D eigenvalue weighted by atomic mass is 9.86. The van der Waals surface area contributed by atoms with E-state index < -0.39 is 5.54 Å². The van der Waals surface area contributed by atoms with Crippen molar-refractivity contribution in [3.63, 3.8) is 0 Å². The fourth-order valence-corrected chi connectivity index (χ4v) is 2.32. The van der Waals surface area contributed by atoms with Gasteiger partial charge in [0, 0.05) is 10.6 Å². The maximum Gasteiger partial charge on any atom is 0.126 e. The maximum absolute atomic E-state index is 13.8. The van der Waals surface area contributed by atoms with E-state index in [1.807, 2.05) is 0 Å². The van der Waals surface area contributed by atoms with Gasteiger partial charge in [-0.1, -0.05) is 23.7 Å². The summed E-state index contributed by atoms with van der Waals surface area (Å²) in [6.07, 6.45) is 0.238. The Balaban J connectivity index is 2.34. The number of hydrogen-bond donors (Lipinski definition) is 1. The Hall–Kier alpha value is -1.45. The highest BCUT2D eigenvalue weighted by molar-refractivity contribution is 6.30. The summed E-state index contributed by atoms with van der Waals surface area (Å²) in [6, 6.07) is 9.18. The van der Waals surface area contributed by atoms with Crippen LogP contribution in [-0.2, 0) is 12.0 Å². The summed E-state index contributed by atoms with van der Waals surface area (Å²) in [5, 5.41) is 0.451. The molecule has 2 aromatic rings. The minimum absolute atomic E-state index is 0.238. The van der Waals surface area contributed by atoms with Gasteiger partial charge in [-0.2, -0.15) is 0 Å². The first kappa shape index (κ1) is 14.9. The van der Waals surface area contributed by atoms with Crippen molar-refractivity contribution in [2.45, 2.75) is 25.8 Å². The van der Waals surface area contributed by atoms with E-state index in [1.165, 1.54) is 18.2 Å². The molecule has 2 N–H and O–H groups in total. The molecule has 0 aromatic heterocycles. The zero-order chi connectivity index (χ0) is 14.9. The topological polar surface area (TPSA) is 26.0 Å². The third-order valence-electron chi connectivity index (χ3n) is 3.40. The van der Waals surface area contributed by atoms with Gasteiger partial charge in [0.25, 0.3) is 0 Å². The Morgan fingerprint density at radius 2 is 1.80 bits per heavy atom. The van der Waals surface area contributed by atoms with Gasteiger partial charge in [-0.05, 0) is 61.2 Å². The molecule has 1 unspecified atom stereocenters. The molecule has 0 fully saturated rings. The normalized spacial score (nSPS) is 14.1. The van der Waals surface area contributed by atoms with Crippen molar-refractivity contribution in [3.8, 4) is 0 Å². The van der Waals surface area contributed by atoms with Crippen molar-refractivity contribution in [1.82, 2.24) is 0 Å². The van der Waals surface area contributed by atoms with E-state index >= 15 is 0 Å². The van der Waals surface area contributed by atoms with Crippen LogP contribution >= 0.6 is 11.6 Å². The molecule has 0 spiro atoms. The molecule has 0 saturated heterocycles. The quantitative estimate of drug-likeness (QED) is 0.895. The van der Waals surface area contributed by atoms with Crippen molar-refractivity contribution >= 4 is 11.6 Å². The summed E-state index contributed by atoms with van der Waals surface area (Å²) in [6.45, 7) is 3.43. The lowest BCUT2D eigenvalue weighted by Crippen LogP contribution is -2.36. The highest BCUT2D eigenvalue weighted by Crippen LogP contribution is 2.27. The number of halogens is 3. The van der Waals surface area contributed by atoms with Crippen LogP contribution in [0.25, 0.3) is 0 Å². The van der Waals surface area contributed by atoms with Crippen molar-refractivity contribution in [3.05, 3.63) is 69.7 Å². The first-order valence-electron chi connectivity index (χ1n) is 6.29. The minimum Gasteiger partial charge on any atom is -0.321 e. The van der Waals surface area contributed by atoms with Crippen LogP contribution in [0.5, 0.6) is 0 Å². The number of hydrogen-bond acceptors (Lipinski definition) is 1. The summed E-state index contributed by atoms with van der Waals surface area (Å²) in [5.74, 6) is -0.676. The molecule has 2 rings (SSSR count). The largest absolute Gasteiger partial charge is 0.321 e. The average Bonchev–Trinajstić information content (AvgIpc) is 2.36. The van der Waals surface area contributed by atoms with Crippen LogP contribution in [0.3, 0.4) is 0 Å². The first-order chi connectivity index (χ1) is 9.29. The molecule has 20 heavy (non-hydrogen) atoms. The lowest BCUT2D eigenvalue weighted by Gasteiger charge is -2.26. The van der Waals surface area contributed by atoms with Gasteiger partial charge in [0.05, 0.1) is 0 Å². The SMILES string of the molecule is Cc1ccc(C(C)(N)Cc2cc(Cl)ccc2F)cc1F. The van der Waals surface area contributed by atoms with Crippen LogP contribution in [0.4, 0.5) is 8.78 Å². The Labute approximate surface area is 122 Å². The molecule has 0 heterocycles. The molecule has 0 bridgehead atoms. The smallest absolute Gasteiger partial charge is 0.126 e. The standard InChI is InChI=1S/C16H16ClF2N/c1-10-3-4-12(8-15(10)19)16(2,20)9-11-7-13(17)5-6-14(11)18/h3-8H,9,20H2,1-2H3. The highest BCUT2D eigenvalue weighted by Gasteiger charge is 2.24. The number of nitrogens with two attached hydrogens (primary N) is 1. The summed E-state index contributed by atoms with van der Waals surface area (Å²) in [7, 11) is 0. The van der Waals surface area contributed by atoms with Gasteiger partial charge in [-0.3, -0.25) is 0 Å². The minimum atomic E-state index is -0.875. The Kier molecular flexibility index (Phi) is 4.11. The summed E-state index contributed by atoms with van der Waals surface area (Å²) >= 11 is 5.87. The second-order valence-corrected chi connectivity index (χ2v) is 5.73. The van der Waals surface area contributed by atoms with Crippen LogP contribution in [0, 0.1) is 18.6 Å². The number of benzene rings is 2. The Morgan fingerprint density at radius 1 is 1.10 bits per heavy atom. The lowest BCUT2D eigenvalue weighted by molar-refractivity contribution is 0.471. The first-order valence-corrected chi connectivity index (χ1v) is 6.67. The molecule has 4 heteroatoms. The van der Waals surface area contributed by atoms with Crippen LogP contribution in [0.2, 0.25) is 5.02 Å². The van der Waals surface area contributed by atoms with Gasteiger partial charge in [-0.15, -0.1) is 0 Å². The van der Waals surface area contributed by atoms with E-state index in [-0.39, 0.29) is 18.1 Å². The Morgan fingerprint density at radius 3 is 2.45 bits per heavy atom. The molecule has 0 aliphatic carbocycles. The third kappa shape index (κ3) is 3.17. The fraction of sp³-hybridized carbons (Fsp3) is 0.250. The molecule has 2 aromatic carbocycles. The molecule has 0 amide bonds. The third-order valence-corrected chi connectivity index (χ3v) is 3.63. The molecular formula is C16H16ClF2N. The van der Waals surface area contributed by atoms with Crippen LogP contribution in [0.1, 0.15) is 23.6 Å². The van der Waals surface area contributed by atoms with E-state index in [2.05, 4.69) is 0 Å². The van der Waals surface area contributed by atoms with E-state index in [4.69, 9.17) is 17.3 Å². The van der Waals surface area contributed by atoms with Crippen molar-refractivity contribution < 1.29 is 8.78 Å². The van der Waals surface area contributed by atoms with Gasteiger partial charge in [0.2, 0.25) is 0 Å². The van der Waals surface area contributed by atoms with Crippen LogP contribution < -0.4 is 5.73 Å². The molecule has 1 nitrogen and oxygen atoms in total. The zero-order valence-corrected chi connectivity index (χ0v) is 12.1. The molecular weight excluding hydrogens is 280 g/mol. The summed E-state index contributed by atoms with van der Waals surface area (Å²) < 4.78 is 27.4. The highest BCUT2D eigenvalue weighted by atomic mass is 35.5. The molecule has 0 aliphatic rings. The zero-order valence-electron chi connectivity index (χ0n) is 11.4. The molecule has 0 saturated carbocycles. The molecule has 0 aliphatic heterocycles. The van der Waals surface area contributed by atoms with Gasteiger partial charge in [0.15, 0.2) is 0 Å². The average molecular weight is 296 g/mol. The van der Waals surface area contributed by atoms with Gasteiger partial charge < -0.3 is 5.73 Å². The van der Waals surface area contributed by atoms with Crippen molar-refractivity contribution in [1.29, 1.82) is 0 Å². The molecule has 1 atom stereocenters. The number of rotatable bonds is 3. The second-order valence-electron chi connectivity index (χ2n) is 5.29. The van der Waals surface area contributed by atoms with Gasteiger partial charge in [0.1, 0.15) is 11.6 Å². The molecule has 106 valence electrons. The summed E-state index contributed by atoms with van der Waals surface area (Å²) in [4.78, 5) is 0. The number of aryl methyl sites for hydroxylation is 1. The molecule has 0 radical (unpaired) electrons. The monoisotopic (exact) mass is 295 g/mol. The van der Waals surface area contributed by atoms with Crippen LogP contribution in [-0.4, -0.2) is 0 Å². The van der Waals surface area contributed by atoms with Crippen molar-refractivity contribution in [2.24, 2.45) is 5.73 Å². The van der Waals surface area contributed by atoms with Gasteiger partial charge >= 0.3 is 0 Å². The van der Waals surface area contributed by atoms with Gasteiger partial charge in [-0.25, -0.2) is 8.78 Å². The van der Waals surface area contributed by atoms with E-state index in [9.17, 15) is 8.78 Å². The van der Waals surface area contributed by atoms with Crippen LogP contribution in [0.15, 0.2) is 36.4 Å². The second kappa shape index (κ2) is 5.51. The Bertz CT molecular complexity index is 638. The maximum atomic E-state index is 13.8. The summed E-state index contributed by atoms with van der Waals surface area (Å²) in [5.41, 5.74) is 6.96. The van der Waals surface area contributed by atoms with Crippen molar-refractivity contribution in [2.75, 3.05) is 0 Å². The predicted molar refractivity (Wildman–Crippen MR) is 77.8 cm³/mol. The predicted octanol–water partition coefficient (Wildman–Crippen LogP) is 4.34. The fourth-order valence-electron chi connectivity index (χ4n) is 2.12. The van der Waals surface area contributed by atoms with E-state index in [0.717, 1.165) is 0 Å².